The molecular formula is C27H34N4O. The van der Waals surface area contributed by atoms with Crippen molar-refractivity contribution >= 4 is 0 Å². The first-order valence-corrected chi connectivity index (χ1v) is 11.7. The third kappa shape index (κ3) is 5.52. The van der Waals surface area contributed by atoms with Crippen LogP contribution in [0.5, 0.6) is 0 Å². The Kier molecular flexibility index (Phi) is 7.15. The van der Waals surface area contributed by atoms with Crippen LogP contribution < -0.4 is 5.32 Å². The molecule has 1 N–H and O–H groups in total. The van der Waals surface area contributed by atoms with E-state index in [-0.39, 0.29) is 0 Å². The normalized spacial score (nSPS) is 21.0. The molecule has 1 aliphatic rings. The van der Waals surface area contributed by atoms with Crippen molar-refractivity contribution in [2.75, 3.05) is 6.54 Å². The first-order valence-electron chi connectivity index (χ1n) is 11.7. The van der Waals surface area contributed by atoms with Gasteiger partial charge >= 0.3 is 0 Å². The molecule has 0 saturated heterocycles. The van der Waals surface area contributed by atoms with Crippen LogP contribution in [0.25, 0.3) is 11.5 Å². The summed E-state index contributed by atoms with van der Waals surface area (Å²) >= 11 is 0. The lowest BCUT2D eigenvalue weighted by Gasteiger charge is -2.37. The molecule has 0 spiro atoms. The average Bonchev–Trinajstić information content (AvgIpc) is 3.25. The van der Waals surface area contributed by atoms with Crippen molar-refractivity contribution in [2.45, 2.75) is 47.1 Å². The van der Waals surface area contributed by atoms with E-state index in [2.05, 4.69) is 78.5 Å². The Bertz CT molecular complexity index is 1020. The van der Waals surface area contributed by atoms with Crippen LogP contribution in [-0.2, 0) is 13.0 Å². The van der Waals surface area contributed by atoms with Crippen LogP contribution in [0.15, 0.2) is 64.9 Å². The molecule has 3 atom stereocenters. The van der Waals surface area contributed by atoms with Crippen molar-refractivity contribution in [1.29, 1.82) is 0 Å². The Hall–Kier alpha value is -2.79. The summed E-state index contributed by atoms with van der Waals surface area (Å²) in [5.74, 6) is 3.59. The fourth-order valence-electron chi connectivity index (χ4n) is 4.75. The van der Waals surface area contributed by atoms with E-state index in [1.807, 2.05) is 24.5 Å². The van der Waals surface area contributed by atoms with Gasteiger partial charge in [0.1, 0.15) is 0 Å². The molecule has 1 aromatic carbocycles. The third-order valence-electron chi connectivity index (χ3n) is 6.73. The molecule has 0 radical (unpaired) electrons. The van der Waals surface area contributed by atoms with E-state index < -0.39 is 0 Å². The zero-order chi connectivity index (χ0) is 22.5. The zero-order valence-corrected chi connectivity index (χ0v) is 19.6. The van der Waals surface area contributed by atoms with E-state index in [4.69, 9.17) is 4.42 Å². The number of hydrogen-bond donors (Lipinski definition) is 1. The molecule has 0 saturated carbocycles. The zero-order valence-electron chi connectivity index (χ0n) is 19.6. The van der Waals surface area contributed by atoms with Gasteiger partial charge in [-0.3, -0.25) is 4.98 Å². The lowest BCUT2D eigenvalue weighted by molar-refractivity contribution is 0.218. The standard InChI is InChI=1S/C27H34N4O/c1-18(2)25-14-23(15-26-30-31-27(32-26)22-7-5-19(3)6-8-22)20(4)13-24(25)17-29-16-21-9-11-28-12-10-21/h5-13,18,23-25,29H,14-17H2,1-4H3/t23-,24-,25-/m0/s1. The van der Waals surface area contributed by atoms with Crippen LogP contribution in [-0.4, -0.2) is 21.7 Å². The molecule has 0 amide bonds. The van der Waals surface area contributed by atoms with Crippen LogP contribution >= 0.6 is 0 Å². The molecule has 5 heteroatoms. The molecule has 3 aromatic rings. The number of nitrogens with one attached hydrogen (secondary N) is 1. The molecule has 0 bridgehead atoms. The Morgan fingerprint density at radius 2 is 1.78 bits per heavy atom. The maximum Gasteiger partial charge on any atom is 0.247 e. The highest BCUT2D eigenvalue weighted by Gasteiger charge is 2.32. The molecule has 168 valence electrons. The van der Waals surface area contributed by atoms with Gasteiger partial charge in [-0.2, -0.15) is 0 Å². The van der Waals surface area contributed by atoms with Gasteiger partial charge in [-0.15, -0.1) is 10.2 Å². The number of hydrogen-bond acceptors (Lipinski definition) is 5. The van der Waals surface area contributed by atoms with Gasteiger partial charge in [0.2, 0.25) is 11.8 Å². The second kappa shape index (κ2) is 10.2. The molecule has 32 heavy (non-hydrogen) atoms. The SMILES string of the molecule is CC1=C[C@@H](CNCc2ccncc2)[C@H](C(C)C)C[C@H]1Cc1nnc(-c2ccc(C)cc2)o1. The van der Waals surface area contributed by atoms with Crippen LogP contribution in [0.3, 0.4) is 0 Å². The predicted octanol–water partition coefficient (Wildman–Crippen LogP) is 5.63. The monoisotopic (exact) mass is 430 g/mol. The summed E-state index contributed by atoms with van der Waals surface area (Å²) in [6.45, 7) is 10.9. The van der Waals surface area contributed by atoms with Gasteiger partial charge in [0, 0.05) is 37.5 Å². The highest BCUT2D eigenvalue weighted by Crippen LogP contribution is 2.38. The molecule has 0 fully saturated rings. The highest BCUT2D eigenvalue weighted by molar-refractivity contribution is 5.52. The van der Waals surface area contributed by atoms with Gasteiger partial charge < -0.3 is 9.73 Å². The number of nitrogens with zero attached hydrogens (tertiary/aromatic N) is 3. The summed E-state index contributed by atoms with van der Waals surface area (Å²) < 4.78 is 6.03. The average molecular weight is 431 g/mol. The summed E-state index contributed by atoms with van der Waals surface area (Å²) in [4.78, 5) is 4.10. The number of rotatable bonds is 8. The minimum atomic E-state index is 0.449. The van der Waals surface area contributed by atoms with Crippen molar-refractivity contribution in [3.63, 3.8) is 0 Å². The minimum Gasteiger partial charge on any atom is -0.421 e. The van der Waals surface area contributed by atoms with E-state index in [0.29, 0.717) is 29.6 Å². The first kappa shape index (κ1) is 22.4. The van der Waals surface area contributed by atoms with Crippen LogP contribution in [0.1, 0.15) is 44.2 Å². The van der Waals surface area contributed by atoms with Gasteiger partial charge in [-0.25, -0.2) is 0 Å². The maximum absolute atomic E-state index is 6.03. The summed E-state index contributed by atoms with van der Waals surface area (Å²) in [6, 6.07) is 12.4. The van der Waals surface area contributed by atoms with E-state index in [1.54, 1.807) is 0 Å². The van der Waals surface area contributed by atoms with Gasteiger partial charge in [-0.05, 0) is 73.8 Å². The highest BCUT2D eigenvalue weighted by atomic mass is 16.4. The maximum atomic E-state index is 6.03. The Balaban J connectivity index is 1.40. The molecule has 0 aliphatic heterocycles. The second-order valence-corrected chi connectivity index (χ2v) is 9.47. The largest absolute Gasteiger partial charge is 0.421 e. The van der Waals surface area contributed by atoms with Gasteiger partial charge in [-0.1, -0.05) is 43.2 Å². The lowest BCUT2D eigenvalue weighted by Crippen LogP contribution is -2.34. The molecule has 0 unspecified atom stereocenters. The van der Waals surface area contributed by atoms with Crippen LogP contribution in [0, 0.1) is 30.6 Å². The number of pyridine rings is 1. The van der Waals surface area contributed by atoms with Crippen molar-refractivity contribution in [1.82, 2.24) is 20.5 Å². The van der Waals surface area contributed by atoms with Crippen LogP contribution in [0.4, 0.5) is 0 Å². The van der Waals surface area contributed by atoms with Gasteiger partial charge in [0.25, 0.3) is 0 Å². The van der Waals surface area contributed by atoms with E-state index >= 15 is 0 Å². The third-order valence-corrected chi connectivity index (χ3v) is 6.73. The molecule has 2 aromatic heterocycles. The van der Waals surface area contributed by atoms with Crippen molar-refractivity contribution < 1.29 is 4.42 Å². The molecule has 4 rings (SSSR count). The summed E-state index contributed by atoms with van der Waals surface area (Å²) in [5.41, 5.74) is 4.91. The first-order chi connectivity index (χ1) is 15.5. The van der Waals surface area contributed by atoms with Crippen molar-refractivity contribution in [2.24, 2.45) is 23.7 Å². The van der Waals surface area contributed by atoms with Gasteiger partial charge in [0.05, 0.1) is 0 Å². The van der Waals surface area contributed by atoms with Crippen molar-refractivity contribution in [3.8, 4) is 11.5 Å². The summed E-state index contributed by atoms with van der Waals surface area (Å²) in [6.07, 6.45) is 8.15. The minimum absolute atomic E-state index is 0.449. The number of aromatic nitrogens is 3. The molecule has 5 nitrogen and oxygen atoms in total. The number of aryl methyl sites for hydroxylation is 1. The Morgan fingerprint density at radius 3 is 2.50 bits per heavy atom. The van der Waals surface area contributed by atoms with E-state index in [1.165, 1.54) is 16.7 Å². The Labute approximate surface area is 191 Å². The fourth-order valence-corrected chi connectivity index (χ4v) is 4.75. The lowest BCUT2D eigenvalue weighted by atomic mass is 9.70. The number of allylic oxidation sites excluding steroid dienone is 1. The van der Waals surface area contributed by atoms with Crippen molar-refractivity contribution in [3.05, 3.63) is 77.5 Å². The van der Waals surface area contributed by atoms with Gasteiger partial charge in [0.15, 0.2) is 0 Å². The Morgan fingerprint density at radius 1 is 1.03 bits per heavy atom. The molecule has 2 heterocycles. The second-order valence-electron chi connectivity index (χ2n) is 9.47. The molecule has 1 aliphatic carbocycles. The topological polar surface area (TPSA) is 63.8 Å². The summed E-state index contributed by atoms with van der Waals surface area (Å²) in [7, 11) is 0. The predicted molar refractivity (Wildman–Crippen MR) is 128 cm³/mol. The fraction of sp³-hybridized carbons (Fsp3) is 0.444. The smallest absolute Gasteiger partial charge is 0.247 e. The molecular weight excluding hydrogens is 396 g/mol. The van der Waals surface area contributed by atoms with E-state index in [0.717, 1.165) is 37.4 Å². The van der Waals surface area contributed by atoms with Crippen LogP contribution in [0.2, 0.25) is 0 Å². The number of benzene rings is 1. The quantitative estimate of drug-likeness (QED) is 0.470. The van der Waals surface area contributed by atoms with E-state index in [9.17, 15) is 0 Å². The summed E-state index contributed by atoms with van der Waals surface area (Å²) in [5, 5.41) is 12.3.